The van der Waals surface area contributed by atoms with E-state index in [4.69, 9.17) is 4.74 Å². The van der Waals surface area contributed by atoms with Gasteiger partial charge in [0.1, 0.15) is 11.6 Å². The maximum absolute atomic E-state index is 13.1. The molecule has 0 aliphatic carbocycles. The maximum Gasteiger partial charge on any atom is 0.238 e. The van der Waals surface area contributed by atoms with Crippen LogP contribution in [-0.2, 0) is 16.0 Å². The van der Waals surface area contributed by atoms with E-state index in [2.05, 4.69) is 0 Å². The second-order valence-electron chi connectivity index (χ2n) is 7.35. The van der Waals surface area contributed by atoms with E-state index in [0.29, 0.717) is 18.8 Å². The van der Waals surface area contributed by atoms with Gasteiger partial charge in [0.2, 0.25) is 11.8 Å². The van der Waals surface area contributed by atoms with Gasteiger partial charge in [-0.05, 0) is 54.8 Å². The fourth-order valence-electron chi connectivity index (χ4n) is 4.03. The van der Waals surface area contributed by atoms with E-state index in [1.807, 2.05) is 34.1 Å². The molecule has 2 amide bonds. The number of piperidine rings is 1. The van der Waals surface area contributed by atoms with Crippen LogP contribution < -0.4 is 9.64 Å². The number of ether oxygens (including phenoxy) is 1. The van der Waals surface area contributed by atoms with Crippen molar-refractivity contribution in [3.8, 4) is 5.75 Å². The van der Waals surface area contributed by atoms with Crippen molar-refractivity contribution in [3.63, 3.8) is 0 Å². The lowest BCUT2D eigenvalue weighted by Gasteiger charge is -2.44. The molecule has 152 valence electrons. The molecule has 7 heteroatoms. The average Bonchev–Trinajstić information content (AvgIpc) is 3.06. The van der Waals surface area contributed by atoms with Gasteiger partial charge in [0.05, 0.1) is 24.2 Å². The Morgan fingerprint density at radius 3 is 2.38 bits per heavy atom. The van der Waals surface area contributed by atoms with Crippen molar-refractivity contribution < 1.29 is 18.7 Å². The zero-order chi connectivity index (χ0) is 20.4. The van der Waals surface area contributed by atoms with Crippen molar-refractivity contribution in [2.24, 2.45) is 0 Å². The molecule has 0 aromatic heterocycles. The predicted octanol–water partition coefficient (Wildman–Crippen LogP) is 3.48. The van der Waals surface area contributed by atoms with Crippen LogP contribution in [0.2, 0.25) is 0 Å². The van der Waals surface area contributed by atoms with Gasteiger partial charge in [-0.2, -0.15) is 0 Å². The Kier molecular flexibility index (Phi) is 5.50. The molecular formula is C22H23FN2O3S. The monoisotopic (exact) mass is 414 g/mol. The zero-order valence-corrected chi connectivity index (χ0v) is 17.1. The number of halogens is 1. The van der Waals surface area contributed by atoms with Crippen LogP contribution in [-0.4, -0.2) is 47.5 Å². The number of methoxy groups -OCH3 is 1. The summed E-state index contributed by atoms with van der Waals surface area (Å²) < 4.78 is 18.3. The van der Waals surface area contributed by atoms with E-state index in [1.165, 1.54) is 12.1 Å². The minimum atomic E-state index is -0.307. The maximum atomic E-state index is 13.1. The smallest absolute Gasteiger partial charge is 0.238 e. The molecule has 4 rings (SSSR count). The standard InChI is InChI=1S/C22H23FN2O3S/c1-28-19-8-6-18(7-9-19)25-21(27)15-29-22(25)10-12-24(13-11-22)20(26)14-16-2-4-17(23)5-3-16/h2-9H,10-15H2,1H3. The Balaban J connectivity index is 1.44. The van der Waals surface area contributed by atoms with Crippen molar-refractivity contribution in [3.05, 3.63) is 59.9 Å². The quantitative estimate of drug-likeness (QED) is 0.769. The van der Waals surface area contributed by atoms with E-state index in [0.717, 1.165) is 29.8 Å². The van der Waals surface area contributed by atoms with E-state index in [9.17, 15) is 14.0 Å². The summed E-state index contributed by atoms with van der Waals surface area (Å²) in [7, 11) is 1.62. The van der Waals surface area contributed by atoms with Crippen LogP contribution in [0.1, 0.15) is 18.4 Å². The molecular weight excluding hydrogens is 391 g/mol. The molecule has 0 saturated carbocycles. The van der Waals surface area contributed by atoms with Gasteiger partial charge in [-0.25, -0.2) is 4.39 Å². The predicted molar refractivity (Wildman–Crippen MR) is 112 cm³/mol. The number of hydrogen-bond donors (Lipinski definition) is 0. The Bertz CT molecular complexity index is 893. The van der Waals surface area contributed by atoms with Crippen LogP contribution in [0.3, 0.4) is 0 Å². The number of carbonyl (C=O) groups is 2. The third kappa shape index (κ3) is 3.96. The molecule has 2 aromatic rings. The zero-order valence-electron chi connectivity index (χ0n) is 16.3. The number of carbonyl (C=O) groups excluding carboxylic acids is 2. The SMILES string of the molecule is COc1ccc(N2C(=O)CSC23CCN(C(=O)Cc2ccc(F)cc2)CC3)cc1. The number of thioether (sulfide) groups is 1. The molecule has 5 nitrogen and oxygen atoms in total. The summed E-state index contributed by atoms with van der Waals surface area (Å²) in [5.74, 6) is 1.05. The Morgan fingerprint density at radius 2 is 1.76 bits per heavy atom. The highest BCUT2D eigenvalue weighted by atomic mass is 32.2. The molecule has 2 aromatic carbocycles. The molecule has 0 N–H and O–H groups in total. The summed E-state index contributed by atoms with van der Waals surface area (Å²) in [5.41, 5.74) is 1.67. The van der Waals surface area contributed by atoms with Crippen LogP contribution in [0.4, 0.5) is 10.1 Å². The molecule has 2 aliphatic heterocycles. The first-order valence-corrected chi connectivity index (χ1v) is 10.6. The van der Waals surface area contributed by atoms with Gasteiger partial charge in [-0.15, -0.1) is 11.8 Å². The lowest BCUT2D eigenvalue weighted by Crippen LogP contribution is -2.53. The second-order valence-corrected chi connectivity index (χ2v) is 8.68. The van der Waals surface area contributed by atoms with Gasteiger partial charge in [0.25, 0.3) is 0 Å². The fourth-order valence-corrected chi connectivity index (χ4v) is 5.35. The third-order valence-corrected chi connectivity index (χ3v) is 7.14. The van der Waals surface area contributed by atoms with Crippen molar-refractivity contribution in [1.82, 2.24) is 4.90 Å². The minimum absolute atomic E-state index is 0.0387. The van der Waals surface area contributed by atoms with Crippen molar-refractivity contribution in [2.75, 3.05) is 30.9 Å². The number of benzene rings is 2. The molecule has 2 saturated heterocycles. The summed E-state index contributed by atoms with van der Waals surface area (Å²) in [5, 5.41) is 0. The number of rotatable bonds is 4. The summed E-state index contributed by atoms with van der Waals surface area (Å²) in [6.45, 7) is 1.21. The molecule has 0 atom stereocenters. The average molecular weight is 415 g/mol. The second kappa shape index (κ2) is 8.06. The topological polar surface area (TPSA) is 49.9 Å². The molecule has 1 spiro atoms. The van der Waals surface area contributed by atoms with Gasteiger partial charge in [0, 0.05) is 18.8 Å². The molecule has 2 aliphatic rings. The van der Waals surface area contributed by atoms with Crippen molar-refractivity contribution >= 4 is 29.3 Å². The van der Waals surface area contributed by atoms with Gasteiger partial charge in [-0.1, -0.05) is 12.1 Å². The van der Waals surface area contributed by atoms with Crippen LogP contribution in [0, 0.1) is 5.82 Å². The van der Waals surface area contributed by atoms with E-state index in [-0.39, 0.29) is 28.9 Å². The Hall–Kier alpha value is -2.54. The highest BCUT2D eigenvalue weighted by Gasteiger charge is 2.49. The summed E-state index contributed by atoms with van der Waals surface area (Å²) in [6.07, 6.45) is 1.72. The molecule has 0 radical (unpaired) electrons. The van der Waals surface area contributed by atoms with Gasteiger partial charge in [0.15, 0.2) is 0 Å². The van der Waals surface area contributed by atoms with Crippen LogP contribution in [0.15, 0.2) is 48.5 Å². The summed E-state index contributed by atoms with van der Waals surface area (Å²) in [6, 6.07) is 13.6. The van der Waals surface area contributed by atoms with E-state index in [1.54, 1.807) is 31.0 Å². The number of likely N-dealkylation sites (tertiary alicyclic amines) is 1. The molecule has 29 heavy (non-hydrogen) atoms. The number of amides is 2. The molecule has 2 fully saturated rings. The third-order valence-electron chi connectivity index (χ3n) is 5.62. The highest BCUT2D eigenvalue weighted by Crippen LogP contribution is 2.47. The minimum Gasteiger partial charge on any atom is -0.497 e. The van der Waals surface area contributed by atoms with Crippen LogP contribution in [0.5, 0.6) is 5.75 Å². The van der Waals surface area contributed by atoms with Crippen LogP contribution >= 0.6 is 11.8 Å². The van der Waals surface area contributed by atoms with Gasteiger partial charge < -0.3 is 9.64 Å². The molecule has 2 heterocycles. The van der Waals surface area contributed by atoms with E-state index >= 15 is 0 Å². The number of anilines is 1. The number of nitrogens with zero attached hydrogens (tertiary/aromatic N) is 2. The number of hydrogen-bond acceptors (Lipinski definition) is 4. The first-order valence-electron chi connectivity index (χ1n) is 9.64. The summed E-state index contributed by atoms with van der Waals surface area (Å²) in [4.78, 5) is 28.8. The van der Waals surface area contributed by atoms with Gasteiger partial charge in [-0.3, -0.25) is 14.5 Å². The first-order chi connectivity index (χ1) is 14.0. The molecule has 0 bridgehead atoms. The van der Waals surface area contributed by atoms with Gasteiger partial charge >= 0.3 is 0 Å². The largest absolute Gasteiger partial charge is 0.497 e. The summed E-state index contributed by atoms with van der Waals surface area (Å²) >= 11 is 1.67. The van der Waals surface area contributed by atoms with Crippen molar-refractivity contribution in [1.29, 1.82) is 0 Å². The Labute approximate surface area is 173 Å². The lowest BCUT2D eigenvalue weighted by molar-refractivity contribution is -0.131. The lowest BCUT2D eigenvalue weighted by atomic mass is 10.00. The van der Waals surface area contributed by atoms with E-state index < -0.39 is 0 Å². The highest BCUT2D eigenvalue weighted by molar-refractivity contribution is 8.02. The normalized spacial score (nSPS) is 18.3. The first kappa shape index (κ1) is 19.8. The van der Waals surface area contributed by atoms with Crippen LogP contribution in [0.25, 0.3) is 0 Å². The Morgan fingerprint density at radius 1 is 1.10 bits per heavy atom. The fraction of sp³-hybridized carbons (Fsp3) is 0.364. The van der Waals surface area contributed by atoms with Crippen molar-refractivity contribution in [2.45, 2.75) is 24.1 Å². The molecule has 0 unspecified atom stereocenters.